The van der Waals surface area contributed by atoms with Crippen LogP contribution in [0.4, 0.5) is 0 Å². The molecule has 0 bridgehead atoms. The third-order valence-electron chi connectivity index (χ3n) is 12.7. The Kier molecular flexibility index (Phi) is 7.92. The van der Waals surface area contributed by atoms with Crippen molar-refractivity contribution in [3.63, 3.8) is 0 Å². The van der Waals surface area contributed by atoms with Crippen LogP contribution in [0, 0.1) is 22.7 Å². The van der Waals surface area contributed by atoms with E-state index in [-0.39, 0.29) is 0 Å². The summed E-state index contributed by atoms with van der Waals surface area (Å²) < 4.78 is 11.1. The standard InChI is InChI=1S/C56H34N4OSi/c57-35-37-22-28-52-47(30-37)48-31-38(36-58)23-29-53(48)59(52)39-24-26-43(27-25-39)62(41-13-3-1-4-14-41,42-15-5-2-6-16-42)44-17-11-12-40(32-44)60-51-20-9-7-18-45(51)49-34-56-50(33-54(49)60)46-19-8-10-21-55(46)61-56/h1-34H. The Balaban J connectivity index is 1.10. The Bertz CT molecular complexity index is 3720. The topological polar surface area (TPSA) is 70.6 Å². The number of rotatable bonds is 6. The number of furan rings is 1. The lowest BCUT2D eigenvalue weighted by molar-refractivity contribution is 0.669. The van der Waals surface area contributed by atoms with Crippen LogP contribution in [0.1, 0.15) is 11.1 Å². The molecule has 3 aromatic heterocycles. The Morgan fingerprint density at radius 3 is 1.53 bits per heavy atom. The van der Waals surface area contributed by atoms with E-state index < -0.39 is 8.07 Å². The monoisotopic (exact) mass is 806 g/mol. The van der Waals surface area contributed by atoms with E-state index in [0.29, 0.717) is 11.1 Å². The SMILES string of the molecule is N#Cc1ccc2c(c1)c1cc(C#N)ccc1n2-c1ccc([Si](c2ccccc2)(c2ccccc2)c2cccc(-n3c4ccccc4c4cc5oc6ccccc6c5cc43)c2)cc1. The molecule has 0 aliphatic heterocycles. The molecule has 5 nitrogen and oxygen atoms in total. The minimum Gasteiger partial charge on any atom is -0.456 e. The van der Waals surface area contributed by atoms with E-state index in [0.717, 1.165) is 71.5 Å². The van der Waals surface area contributed by atoms with Crippen molar-refractivity contribution in [3.05, 3.63) is 217 Å². The fourth-order valence-electron chi connectivity index (χ4n) is 10.0. The lowest BCUT2D eigenvalue weighted by Gasteiger charge is -2.35. The lowest BCUT2D eigenvalue weighted by Crippen LogP contribution is -2.74. The maximum absolute atomic E-state index is 9.80. The average Bonchev–Trinajstić information content (AvgIpc) is 3.98. The number of benzene rings is 9. The second-order valence-corrected chi connectivity index (χ2v) is 19.7. The van der Waals surface area contributed by atoms with Crippen LogP contribution in [-0.4, -0.2) is 17.2 Å². The zero-order valence-electron chi connectivity index (χ0n) is 33.3. The molecule has 9 aromatic carbocycles. The lowest BCUT2D eigenvalue weighted by atomic mass is 10.1. The summed E-state index contributed by atoms with van der Waals surface area (Å²) in [5.74, 6) is 0. The van der Waals surface area contributed by atoms with Crippen molar-refractivity contribution in [2.45, 2.75) is 0 Å². The van der Waals surface area contributed by atoms with Gasteiger partial charge in [0.25, 0.3) is 0 Å². The molecule has 0 aliphatic rings. The van der Waals surface area contributed by atoms with E-state index in [1.165, 1.54) is 26.1 Å². The van der Waals surface area contributed by atoms with E-state index in [4.69, 9.17) is 4.42 Å². The van der Waals surface area contributed by atoms with Crippen LogP contribution in [0.3, 0.4) is 0 Å². The van der Waals surface area contributed by atoms with E-state index in [1.54, 1.807) is 0 Å². The number of nitriles is 2. The van der Waals surface area contributed by atoms with Crippen molar-refractivity contribution in [2.75, 3.05) is 0 Å². The van der Waals surface area contributed by atoms with Gasteiger partial charge in [0.05, 0.1) is 45.3 Å². The zero-order chi connectivity index (χ0) is 41.4. The van der Waals surface area contributed by atoms with Gasteiger partial charge in [0.2, 0.25) is 0 Å². The van der Waals surface area contributed by atoms with Gasteiger partial charge < -0.3 is 13.6 Å². The normalized spacial score (nSPS) is 11.8. The van der Waals surface area contributed by atoms with Crippen LogP contribution in [0.5, 0.6) is 0 Å². The van der Waals surface area contributed by atoms with Crippen LogP contribution in [-0.2, 0) is 0 Å². The van der Waals surface area contributed by atoms with Crippen LogP contribution in [0.15, 0.2) is 211 Å². The van der Waals surface area contributed by atoms with Gasteiger partial charge in [-0.1, -0.05) is 121 Å². The van der Waals surface area contributed by atoms with Crippen LogP contribution in [0.2, 0.25) is 0 Å². The van der Waals surface area contributed by atoms with Crippen LogP contribution < -0.4 is 20.7 Å². The Morgan fingerprint density at radius 1 is 0.339 bits per heavy atom. The van der Waals surface area contributed by atoms with E-state index in [2.05, 4.69) is 179 Å². The quantitative estimate of drug-likeness (QED) is 0.124. The molecule has 0 unspecified atom stereocenters. The maximum atomic E-state index is 9.80. The first-order valence-corrected chi connectivity index (χ1v) is 22.7. The summed E-state index contributed by atoms with van der Waals surface area (Å²) in [4.78, 5) is 0. The minimum atomic E-state index is -3.00. The first-order chi connectivity index (χ1) is 30.6. The highest BCUT2D eigenvalue weighted by atomic mass is 28.3. The maximum Gasteiger partial charge on any atom is 0.179 e. The highest BCUT2D eigenvalue weighted by molar-refractivity contribution is 7.19. The largest absolute Gasteiger partial charge is 0.456 e. The number of nitrogens with zero attached hydrogens (tertiary/aromatic N) is 4. The van der Waals surface area contributed by atoms with Crippen LogP contribution >= 0.6 is 0 Å². The fourth-order valence-corrected chi connectivity index (χ4v) is 14.8. The van der Waals surface area contributed by atoms with Crippen molar-refractivity contribution in [1.29, 1.82) is 10.5 Å². The number of hydrogen-bond donors (Lipinski definition) is 0. The first-order valence-electron chi connectivity index (χ1n) is 20.7. The molecule has 0 radical (unpaired) electrons. The molecular weight excluding hydrogens is 773 g/mol. The van der Waals surface area contributed by atoms with Crippen molar-refractivity contribution in [3.8, 4) is 23.5 Å². The Hall–Kier alpha value is -8.42. The first kappa shape index (κ1) is 35.5. The summed E-state index contributed by atoms with van der Waals surface area (Å²) in [7, 11) is -3.00. The molecular formula is C56H34N4OSi. The summed E-state index contributed by atoms with van der Waals surface area (Å²) in [5, 5.41) is 31.1. The van der Waals surface area contributed by atoms with Gasteiger partial charge in [0.1, 0.15) is 11.2 Å². The molecule has 0 atom stereocenters. The van der Waals surface area contributed by atoms with Gasteiger partial charge in [0.15, 0.2) is 8.07 Å². The number of aromatic nitrogens is 2. The van der Waals surface area contributed by atoms with Gasteiger partial charge in [-0.15, -0.1) is 0 Å². The molecule has 6 heteroatoms. The van der Waals surface area contributed by atoms with E-state index in [9.17, 15) is 10.5 Å². The van der Waals surface area contributed by atoms with Gasteiger partial charge in [0, 0.05) is 43.7 Å². The number of para-hydroxylation sites is 2. The van der Waals surface area contributed by atoms with Crippen LogP contribution in [0.25, 0.3) is 76.9 Å². The Labute approximate surface area is 357 Å². The van der Waals surface area contributed by atoms with Crippen molar-refractivity contribution < 1.29 is 4.42 Å². The smallest absolute Gasteiger partial charge is 0.179 e. The summed E-state index contributed by atoms with van der Waals surface area (Å²) in [6.07, 6.45) is 0. The minimum absolute atomic E-state index is 0.585. The second kappa shape index (κ2) is 13.8. The molecule has 0 saturated carbocycles. The van der Waals surface area contributed by atoms with Crippen molar-refractivity contribution in [1.82, 2.24) is 9.13 Å². The second-order valence-electron chi connectivity index (χ2n) is 15.9. The number of fused-ring (bicyclic) bond motifs is 9. The molecule has 12 rings (SSSR count). The third kappa shape index (κ3) is 5.18. The summed E-state index contributed by atoms with van der Waals surface area (Å²) in [6, 6.07) is 78.0. The zero-order valence-corrected chi connectivity index (χ0v) is 34.3. The third-order valence-corrected chi connectivity index (χ3v) is 17.5. The number of hydrogen-bond acceptors (Lipinski definition) is 3. The average molecular weight is 807 g/mol. The summed E-state index contributed by atoms with van der Waals surface area (Å²) in [6.45, 7) is 0. The van der Waals surface area contributed by atoms with Gasteiger partial charge >= 0.3 is 0 Å². The Morgan fingerprint density at radius 2 is 0.871 bits per heavy atom. The molecule has 62 heavy (non-hydrogen) atoms. The molecule has 0 amide bonds. The molecule has 3 heterocycles. The highest BCUT2D eigenvalue weighted by Gasteiger charge is 2.41. The van der Waals surface area contributed by atoms with Gasteiger partial charge in [-0.25, -0.2) is 0 Å². The van der Waals surface area contributed by atoms with E-state index >= 15 is 0 Å². The molecule has 12 aromatic rings. The van der Waals surface area contributed by atoms with E-state index in [1.807, 2.05) is 48.5 Å². The predicted molar refractivity (Wildman–Crippen MR) is 255 cm³/mol. The molecule has 0 aliphatic carbocycles. The van der Waals surface area contributed by atoms with Crippen molar-refractivity contribution >= 4 is 94.4 Å². The highest BCUT2D eigenvalue weighted by Crippen LogP contribution is 2.38. The fraction of sp³-hybridized carbons (Fsp3) is 0. The molecule has 0 N–H and O–H groups in total. The molecule has 0 spiro atoms. The van der Waals surface area contributed by atoms with Gasteiger partial charge in [-0.2, -0.15) is 10.5 Å². The van der Waals surface area contributed by atoms with Gasteiger partial charge in [-0.3, -0.25) is 0 Å². The van der Waals surface area contributed by atoms with Gasteiger partial charge in [-0.05, 0) is 106 Å². The molecule has 288 valence electrons. The van der Waals surface area contributed by atoms with Crippen molar-refractivity contribution in [2.24, 2.45) is 0 Å². The summed E-state index contributed by atoms with van der Waals surface area (Å²) >= 11 is 0. The molecule has 0 fully saturated rings. The predicted octanol–water partition coefficient (Wildman–Crippen LogP) is 10.9. The molecule has 0 saturated heterocycles. The summed E-state index contributed by atoms with van der Waals surface area (Å²) in [5.41, 5.74) is 9.29.